The van der Waals surface area contributed by atoms with Crippen LogP contribution in [0.3, 0.4) is 0 Å². The van der Waals surface area contributed by atoms with E-state index in [2.05, 4.69) is 5.32 Å². The summed E-state index contributed by atoms with van der Waals surface area (Å²) in [7, 11) is -4.13. The summed E-state index contributed by atoms with van der Waals surface area (Å²) in [4.78, 5) is 11.3. The molecule has 1 fully saturated rings. The van der Waals surface area contributed by atoms with Crippen molar-refractivity contribution in [2.24, 2.45) is 5.14 Å². The van der Waals surface area contributed by atoms with E-state index in [1.54, 1.807) is 0 Å². The van der Waals surface area contributed by atoms with Crippen molar-refractivity contribution in [2.75, 3.05) is 24.5 Å². The third-order valence-electron chi connectivity index (χ3n) is 3.59. The van der Waals surface area contributed by atoms with Crippen LogP contribution in [0.25, 0.3) is 0 Å². The molecule has 0 aliphatic carbocycles. The molecule has 23 heavy (non-hydrogen) atoms. The maximum absolute atomic E-state index is 12.9. The fourth-order valence-corrected chi connectivity index (χ4v) is 3.10. The summed E-state index contributed by atoms with van der Waals surface area (Å²) in [6, 6.07) is 2.70. The lowest BCUT2D eigenvalue weighted by molar-refractivity contribution is -0.384. The fraction of sp³-hybridized carbons (Fsp3) is 0.500. The maximum Gasteiger partial charge on any atom is 0.293 e. The van der Waals surface area contributed by atoms with E-state index >= 15 is 0 Å². The first-order valence-corrected chi connectivity index (χ1v) is 8.31. The Morgan fingerprint density at radius 2 is 2.17 bits per heavy atom. The highest BCUT2D eigenvalue weighted by atomic mass is 32.2. The average molecular weight is 350 g/mol. The Kier molecular flexibility index (Phi) is 5.12. The van der Waals surface area contributed by atoms with Gasteiger partial charge in [-0.25, -0.2) is 22.3 Å². The highest BCUT2D eigenvalue weighted by Crippen LogP contribution is 2.33. The third-order valence-corrected chi connectivity index (χ3v) is 4.50. The minimum Gasteiger partial charge on any atom is -0.356 e. The van der Waals surface area contributed by atoms with Gasteiger partial charge in [-0.2, -0.15) is 0 Å². The second-order valence-corrected chi connectivity index (χ2v) is 6.70. The molecule has 1 heterocycles. The smallest absolute Gasteiger partial charge is 0.293 e. The molecule has 0 unspecified atom stereocenters. The number of anilines is 1. The van der Waals surface area contributed by atoms with Crippen LogP contribution in [0.15, 0.2) is 23.1 Å². The topological polar surface area (TPSA) is 119 Å². The summed E-state index contributed by atoms with van der Waals surface area (Å²) < 4.78 is 48.4. The van der Waals surface area contributed by atoms with Gasteiger partial charge in [-0.1, -0.05) is 0 Å². The van der Waals surface area contributed by atoms with Gasteiger partial charge in [0.2, 0.25) is 10.0 Å². The van der Waals surface area contributed by atoms with E-state index < -0.39 is 38.5 Å². The van der Waals surface area contributed by atoms with Crippen LogP contribution in [0, 0.1) is 10.1 Å². The van der Waals surface area contributed by atoms with Crippen LogP contribution in [0.4, 0.5) is 20.2 Å². The molecular formula is C12H16F2N4O4S. The molecule has 1 aromatic rings. The number of nitrogens with zero attached hydrogens (tertiary/aromatic N) is 2. The van der Waals surface area contributed by atoms with Crippen LogP contribution in [0.5, 0.6) is 0 Å². The predicted molar refractivity (Wildman–Crippen MR) is 79.1 cm³/mol. The summed E-state index contributed by atoms with van der Waals surface area (Å²) in [5.74, 6) is 0. The van der Waals surface area contributed by atoms with Crippen molar-refractivity contribution < 1.29 is 22.1 Å². The standard InChI is InChI=1S/C12H16F2N4O4S/c13-12(14)7-17(8-3-4-16-6-8)10-2-1-9(23(15,21)22)5-11(10)18(19)20/h1-2,5,8,12,16H,3-4,6-7H2,(H2,15,21,22)/t8-/m0/s1. The van der Waals surface area contributed by atoms with Crippen molar-refractivity contribution in [1.82, 2.24) is 5.32 Å². The van der Waals surface area contributed by atoms with Gasteiger partial charge in [-0.3, -0.25) is 10.1 Å². The number of hydrogen-bond acceptors (Lipinski definition) is 6. The maximum atomic E-state index is 12.9. The number of nitro groups is 1. The number of primary sulfonamides is 1. The third kappa shape index (κ3) is 4.12. The van der Waals surface area contributed by atoms with E-state index in [0.29, 0.717) is 19.5 Å². The minimum atomic E-state index is -4.13. The first-order valence-electron chi connectivity index (χ1n) is 6.77. The number of nitro benzene ring substituents is 1. The van der Waals surface area contributed by atoms with Crippen LogP contribution in [0.2, 0.25) is 0 Å². The molecule has 0 saturated carbocycles. The molecule has 1 saturated heterocycles. The van der Waals surface area contributed by atoms with Crippen LogP contribution >= 0.6 is 0 Å². The fourth-order valence-electron chi connectivity index (χ4n) is 2.57. The molecule has 2 rings (SSSR count). The Bertz CT molecular complexity index is 692. The first kappa shape index (κ1) is 17.5. The van der Waals surface area contributed by atoms with Gasteiger partial charge in [-0.15, -0.1) is 0 Å². The molecule has 0 radical (unpaired) electrons. The van der Waals surface area contributed by atoms with Crippen molar-refractivity contribution in [3.8, 4) is 0 Å². The normalized spacial score (nSPS) is 18.3. The number of nitrogens with one attached hydrogen (secondary N) is 1. The van der Waals surface area contributed by atoms with Crippen molar-refractivity contribution in [1.29, 1.82) is 0 Å². The first-order chi connectivity index (χ1) is 10.7. The second-order valence-electron chi connectivity index (χ2n) is 5.14. The van der Waals surface area contributed by atoms with E-state index in [9.17, 15) is 27.3 Å². The number of sulfonamides is 1. The van der Waals surface area contributed by atoms with Gasteiger partial charge in [0.1, 0.15) is 5.69 Å². The monoisotopic (exact) mass is 350 g/mol. The lowest BCUT2D eigenvalue weighted by atomic mass is 10.1. The summed E-state index contributed by atoms with van der Waals surface area (Å²) >= 11 is 0. The Balaban J connectivity index is 2.50. The zero-order valence-electron chi connectivity index (χ0n) is 12.0. The van der Waals surface area contributed by atoms with Gasteiger partial charge in [-0.05, 0) is 25.1 Å². The molecule has 3 N–H and O–H groups in total. The number of halogens is 2. The average Bonchev–Trinajstić information content (AvgIpc) is 2.96. The molecule has 1 aromatic carbocycles. The molecule has 1 aliphatic heterocycles. The number of benzene rings is 1. The molecule has 0 aromatic heterocycles. The van der Waals surface area contributed by atoms with Crippen LogP contribution in [-0.2, 0) is 10.0 Å². The molecule has 0 spiro atoms. The molecular weight excluding hydrogens is 334 g/mol. The van der Waals surface area contributed by atoms with Gasteiger partial charge < -0.3 is 10.2 Å². The van der Waals surface area contributed by atoms with Crippen molar-refractivity contribution in [3.05, 3.63) is 28.3 Å². The van der Waals surface area contributed by atoms with Crippen LogP contribution in [-0.4, -0.2) is 45.4 Å². The summed E-state index contributed by atoms with van der Waals surface area (Å²) in [5, 5.41) is 19.2. The van der Waals surface area contributed by atoms with E-state index in [0.717, 1.165) is 18.2 Å². The highest BCUT2D eigenvalue weighted by Gasteiger charge is 2.30. The molecule has 11 heteroatoms. The Labute approximate surface area is 131 Å². The molecule has 1 atom stereocenters. The van der Waals surface area contributed by atoms with E-state index in [1.165, 1.54) is 4.90 Å². The van der Waals surface area contributed by atoms with E-state index in [1.807, 2.05) is 0 Å². The summed E-state index contributed by atoms with van der Waals surface area (Å²) in [6.45, 7) is 0.357. The number of hydrogen-bond donors (Lipinski definition) is 2. The van der Waals surface area contributed by atoms with Crippen molar-refractivity contribution in [3.63, 3.8) is 0 Å². The SMILES string of the molecule is NS(=O)(=O)c1ccc(N(CC(F)F)[C@H]2CCNC2)c([N+](=O)[O-])c1. The molecule has 1 aliphatic rings. The van der Waals surface area contributed by atoms with Gasteiger partial charge in [0, 0.05) is 18.7 Å². The van der Waals surface area contributed by atoms with Gasteiger partial charge in [0.05, 0.1) is 16.4 Å². The Hall–Kier alpha value is -1.85. The molecule has 8 nitrogen and oxygen atoms in total. The summed E-state index contributed by atoms with van der Waals surface area (Å²) in [6.07, 6.45) is -2.13. The van der Waals surface area contributed by atoms with Gasteiger partial charge in [0.15, 0.2) is 0 Å². The largest absolute Gasteiger partial charge is 0.356 e. The van der Waals surface area contributed by atoms with E-state index in [4.69, 9.17) is 5.14 Å². The zero-order valence-corrected chi connectivity index (χ0v) is 12.8. The molecule has 0 bridgehead atoms. The van der Waals surface area contributed by atoms with Crippen LogP contribution in [0.1, 0.15) is 6.42 Å². The Morgan fingerprint density at radius 1 is 1.48 bits per heavy atom. The predicted octanol–water partition coefficient (Wildman–Crippen LogP) is 0.676. The zero-order chi connectivity index (χ0) is 17.2. The highest BCUT2D eigenvalue weighted by molar-refractivity contribution is 7.89. The Morgan fingerprint density at radius 3 is 2.65 bits per heavy atom. The van der Waals surface area contributed by atoms with Gasteiger partial charge >= 0.3 is 0 Å². The van der Waals surface area contributed by atoms with Gasteiger partial charge in [0.25, 0.3) is 12.1 Å². The number of nitrogens with two attached hydrogens (primary N) is 1. The van der Waals surface area contributed by atoms with Crippen molar-refractivity contribution in [2.45, 2.75) is 23.8 Å². The lowest BCUT2D eigenvalue weighted by Gasteiger charge is -2.30. The molecule has 128 valence electrons. The minimum absolute atomic E-state index is 0.0450. The van der Waals surface area contributed by atoms with E-state index in [-0.39, 0.29) is 11.7 Å². The van der Waals surface area contributed by atoms with Crippen LogP contribution < -0.4 is 15.4 Å². The quantitative estimate of drug-likeness (QED) is 0.575. The second kappa shape index (κ2) is 6.72. The lowest BCUT2D eigenvalue weighted by Crippen LogP contribution is -2.40. The number of alkyl halides is 2. The van der Waals surface area contributed by atoms with Crippen molar-refractivity contribution >= 4 is 21.4 Å². The number of rotatable bonds is 6. The molecule has 0 amide bonds. The summed E-state index contributed by atoms with van der Waals surface area (Å²) in [5.41, 5.74) is -0.611.